The van der Waals surface area contributed by atoms with Gasteiger partial charge in [0.1, 0.15) is 5.76 Å². The van der Waals surface area contributed by atoms with Gasteiger partial charge in [-0.05, 0) is 46.9 Å². The number of hydrogen-bond acceptors (Lipinski definition) is 3. The molecule has 0 fully saturated rings. The SMILES string of the molecule is COC(=O)c1cc(Cl)cc(I)c1-c1ccco1. The van der Waals surface area contributed by atoms with Gasteiger partial charge in [-0.2, -0.15) is 0 Å². The number of furan rings is 1. The summed E-state index contributed by atoms with van der Waals surface area (Å²) in [6, 6.07) is 6.90. The van der Waals surface area contributed by atoms with E-state index in [9.17, 15) is 4.79 Å². The smallest absolute Gasteiger partial charge is 0.338 e. The fourth-order valence-corrected chi connectivity index (χ4v) is 2.81. The lowest BCUT2D eigenvalue weighted by Crippen LogP contribution is -2.04. The predicted octanol–water partition coefficient (Wildman–Crippen LogP) is 3.99. The van der Waals surface area contributed by atoms with Crippen LogP contribution in [0, 0.1) is 3.57 Å². The van der Waals surface area contributed by atoms with Gasteiger partial charge < -0.3 is 9.15 Å². The van der Waals surface area contributed by atoms with Gasteiger partial charge in [-0.3, -0.25) is 0 Å². The van der Waals surface area contributed by atoms with E-state index in [2.05, 4.69) is 22.6 Å². The second-order valence-corrected chi connectivity index (χ2v) is 4.88. The van der Waals surface area contributed by atoms with E-state index in [1.807, 2.05) is 0 Å². The second-order valence-electron chi connectivity index (χ2n) is 3.28. The third kappa shape index (κ3) is 2.47. The molecule has 2 rings (SSSR count). The Kier molecular flexibility index (Phi) is 3.73. The molecule has 0 saturated carbocycles. The first-order valence-corrected chi connectivity index (χ1v) is 6.20. The van der Waals surface area contributed by atoms with Crippen LogP contribution in [-0.2, 0) is 4.74 Å². The molecule has 0 radical (unpaired) electrons. The summed E-state index contributed by atoms with van der Waals surface area (Å²) in [6.45, 7) is 0. The summed E-state index contributed by atoms with van der Waals surface area (Å²) in [4.78, 5) is 11.7. The zero-order chi connectivity index (χ0) is 12.4. The number of esters is 1. The number of carbonyl (C=O) groups is 1. The molecule has 3 nitrogen and oxygen atoms in total. The summed E-state index contributed by atoms with van der Waals surface area (Å²) in [7, 11) is 1.34. The minimum atomic E-state index is -0.434. The number of rotatable bonds is 2. The van der Waals surface area contributed by atoms with Crippen molar-refractivity contribution in [3.05, 3.63) is 44.7 Å². The van der Waals surface area contributed by atoms with Crippen molar-refractivity contribution >= 4 is 40.2 Å². The second kappa shape index (κ2) is 5.10. The largest absolute Gasteiger partial charge is 0.465 e. The summed E-state index contributed by atoms with van der Waals surface area (Å²) in [5, 5.41) is 0.491. The van der Waals surface area contributed by atoms with E-state index >= 15 is 0 Å². The molecule has 0 unspecified atom stereocenters. The molecule has 1 heterocycles. The predicted molar refractivity (Wildman–Crippen MR) is 73.2 cm³/mol. The van der Waals surface area contributed by atoms with E-state index in [0.29, 0.717) is 21.9 Å². The molecule has 0 spiro atoms. The van der Waals surface area contributed by atoms with Crippen LogP contribution in [0.3, 0.4) is 0 Å². The molecule has 0 N–H and O–H groups in total. The fraction of sp³-hybridized carbons (Fsp3) is 0.0833. The maximum atomic E-state index is 11.7. The number of hydrogen-bond donors (Lipinski definition) is 0. The maximum absolute atomic E-state index is 11.7. The van der Waals surface area contributed by atoms with Crippen LogP contribution in [0.1, 0.15) is 10.4 Å². The lowest BCUT2D eigenvalue weighted by Gasteiger charge is -2.08. The van der Waals surface area contributed by atoms with E-state index in [1.54, 1.807) is 30.5 Å². The van der Waals surface area contributed by atoms with Crippen molar-refractivity contribution in [2.45, 2.75) is 0 Å². The van der Waals surface area contributed by atoms with Crippen molar-refractivity contribution in [2.75, 3.05) is 7.11 Å². The Balaban J connectivity index is 2.68. The van der Waals surface area contributed by atoms with E-state index in [4.69, 9.17) is 20.8 Å². The van der Waals surface area contributed by atoms with Gasteiger partial charge in [0.2, 0.25) is 0 Å². The standard InChI is InChI=1S/C12H8ClIO3/c1-16-12(15)8-5-7(13)6-9(14)11(8)10-3-2-4-17-10/h2-6H,1H3. The summed E-state index contributed by atoms with van der Waals surface area (Å²) in [5.41, 5.74) is 1.10. The molecular formula is C12H8ClIO3. The summed E-state index contributed by atoms with van der Waals surface area (Å²) >= 11 is 8.05. The Morgan fingerprint density at radius 1 is 1.47 bits per heavy atom. The van der Waals surface area contributed by atoms with Crippen LogP contribution in [0.4, 0.5) is 0 Å². The number of benzene rings is 1. The first-order valence-electron chi connectivity index (χ1n) is 4.74. The first kappa shape index (κ1) is 12.4. The van der Waals surface area contributed by atoms with Gasteiger partial charge >= 0.3 is 5.97 Å². The molecule has 2 aromatic rings. The van der Waals surface area contributed by atoms with Gasteiger partial charge in [-0.1, -0.05) is 11.6 Å². The molecule has 0 saturated heterocycles. The van der Waals surface area contributed by atoms with Crippen molar-refractivity contribution in [2.24, 2.45) is 0 Å². The van der Waals surface area contributed by atoms with Crippen molar-refractivity contribution in [3.63, 3.8) is 0 Å². The summed E-state index contributed by atoms with van der Waals surface area (Å²) in [5.74, 6) is 0.184. The van der Waals surface area contributed by atoms with E-state index in [-0.39, 0.29) is 0 Å². The lowest BCUT2D eigenvalue weighted by atomic mass is 10.1. The van der Waals surface area contributed by atoms with Crippen LogP contribution in [0.15, 0.2) is 34.9 Å². The van der Waals surface area contributed by atoms with Crippen molar-refractivity contribution in [1.82, 2.24) is 0 Å². The maximum Gasteiger partial charge on any atom is 0.338 e. The number of carbonyl (C=O) groups excluding carboxylic acids is 1. The van der Waals surface area contributed by atoms with E-state index < -0.39 is 5.97 Å². The molecule has 5 heteroatoms. The topological polar surface area (TPSA) is 39.4 Å². The van der Waals surface area contributed by atoms with Gasteiger partial charge in [0.25, 0.3) is 0 Å². The monoisotopic (exact) mass is 362 g/mol. The zero-order valence-corrected chi connectivity index (χ0v) is 11.8. The number of halogens is 2. The fourth-order valence-electron chi connectivity index (χ4n) is 1.52. The highest BCUT2D eigenvalue weighted by Gasteiger charge is 2.19. The van der Waals surface area contributed by atoms with Gasteiger partial charge in [-0.25, -0.2) is 4.79 Å². The van der Waals surface area contributed by atoms with E-state index in [1.165, 1.54) is 7.11 Å². The molecule has 1 aromatic heterocycles. The van der Waals surface area contributed by atoms with Gasteiger partial charge in [0.15, 0.2) is 0 Å². The van der Waals surface area contributed by atoms with Crippen molar-refractivity contribution in [1.29, 1.82) is 0 Å². The van der Waals surface area contributed by atoms with Crippen LogP contribution >= 0.6 is 34.2 Å². The van der Waals surface area contributed by atoms with Crippen LogP contribution in [0.25, 0.3) is 11.3 Å². The molecule has 0 amide bonds. The van der Waals surface area contributed by atoms with Crippen LogP contribution in [0.2, 0.25) is 5.02 Å². The molecule has 0 bridgehead atoms. The summed E-state index contributed by atoms with van der Waals surface area (Å²) < 4.78 is 10.9. The Bertz CT molecular complexity index is 549. The molecule has 0 atom stereocenters. The Hall–Kier alpha value is -1.01. The lowest BCUT2D eigenvalue weighted by molar-refractivity contribution is 0.0601. The number of methoxy groups -OCH3 is 1. The van der Waals surface area contributed by atoms with Crippen molar-refractivity contribution in [3.8, 4) is 11.3 Å². The molecule has 0 aliphatic heterocycles. The summed E-state index contributed by atoms with van der Waals surface area (Å²) in [6.07, 6.45) is 1.56. The Morgan fingerprint density at radius 2 is 2.24 bits per heavy atom. The Morgan fingerprint density at radius 3 is 2.82 bits per heavy atom. The highest BCUT2D eigenvalue weighted by atomic mass is 127. The minimum absolute atomic E-state index is 0.402. The molecule has 1 aromatic carbocycles. The normalized spacial score (nSPS) is 10.3. The highest BCUT2D eigenvalue weighted by Crippen LogP contribution is 2.32. The third-order valence-electron chi connectivity index (χ3n) is 2.23. The third-order valence-corrected chi connectivity index (χ3v) is 3.30. The van der Waals surface area contributed by atoms with Gasteiger partial charge in [0, 0.05) is 14.2 Å². The minimum Gasteiger partial charge on any atom is -0.465 e. The first-order chi connectivity index (χ1) is 8.13. The van der Waals surface area contributed by atoms with E-state index in [0.717, 1.165) is 3.57 Å². The average molecular weight is 363 g/mol. The average Bonchev–Trinajstić information content (AvgIpc) is 2.80. The number of ether oxygens (including phenoxy) is 1. The molecule has 88 valence electrons. The van der Waals surface area contributed by atoms with Crippen LogP contribution in [-0.4, -0.2) is 13.1 Å². The van der Waals surface area contributed by atoms with Crippen molar-refractivity contribution < 1.29 is 13.9 Å². The highest BCUT2D eigenvalue weighted by molar-refractivity contribution is 14.1. The van der Waals surface area contributed by atoms with Gasteiger partial charge in [0.05, 0.1) is 18.9 Å². The van der Waals surface area contributed by atoms with Gasteiger partial charge in [-0.15, -0.1) is 0 Å². The molecule has 0 aliphatic rings. The van der Waals surface area contributed by atoms with Crippen LogP contribution < -0.4 is 0 Å². The van der Waals surface area contributed by atoms with Crippen LogP contribution in [0.5, 0.6) is 0 Å². The quantitative estimate of drug-likeness (QED) is 0.599. The molecular weight excluding hydrogens is 354 g/mol. The Labute approximate surface area is 117 Å². The molecule has 17 heavy (non-hydrogen) atoms. The molecule has 0 aliphatic carbocycles. The zero-order valence-electron chi connectivity index (χ0n) is 8.87.